The Balaban J connectivity index is 1.47. The van der Waals surface area contributed by atoms with E-state index in [4.69, 9.17) is 9.47 Å². The van der Waals surface area contributed by atoms with Gasteiger partial charge in [0.15, 0.2) is 0 Å². The van der Waals surface area contributed by atoms with Gasteiger partial charge in [-0.2, -0.15) is 0 Å². The number of anilines is 3. The minimum atomic E-state index is -1.18. The zero-order valence-corrected chi connectivity index (χ0v) is 26.5. The molecule has 0 aliphatic carbocycles. The number of likely N-dealkylation sites (tertiary alicyclic amines) is 1. The van der Waals surface area contributed by atoms with Crippen LogP contribution in [0.1, 0.15) is 60.3 Å². The summed E-state index contributed by atoms with van der Waals surface area (Å²) in [5, 5.41) is 16.4. The van der Waals surface area contributed by atoms with E-state index in [-0.39, 0.29) is 24.3 Å². The summed E-state index contributed by atoms with van der Waals surface area (Å²) in [4.78, 5) is 46.4. The summed E-state index contributed by atoms with van der Waals surface area (Å²) in [6.07, 6.45) is 2.01. The number of hydrogen-bond acceptors (Lipinski definition) is 7. The van der Waals surface area contributed by atoms with Crippen LogP contribution in [0.15, 0.2) is 48.5 Å². The SMILES string of the molecule is CCOc1ccc(NC(=O)[C@@H]2[C@H]3C(=O)N([C@@H](CC)CO)C(C(=O)Nc4ccc(N(CC)CC)cc4)C34CC[C@@]2(CC)O4)cc1. The first-order chi connectivity index (χ1) is 21.2. The second-order valence-electron chi connectivity index (χ2n) is 12.0. The fraction of sp³-hybridized carbons (Fsp3) is 0.559. The van der Waals surface area contributed by atoms with Gasteiger partial charge < -0.3 is 35.0 Å². The molecule has 44 heavy (non-hydrogen) atoms. The van der Waals surface area contributed by atoms with Gasteiger partial charge in [0.2, 0.25) is 17.7 Å². The maximum atomic E-state index is 14.4. The van der Waals surface area contributed by atoms with Crippen LogP contribution in [-0.2, 0) is 19.1 Å². The summed E-state index contributed by atoms with van der Waals surface area (Å²) in [7, 11) is 0. The van der Waals surface area contributed by atoms with Gasteiger partial charge in [-0.15, -0.1) is 0 Å². The van der Waals surface area contributed by atoms with Crippen molar-refractivity contribution in [1.82, 2.24) is 4.90 Å². The van der Waals surface area contributed by atoms with E-state index in [1.54, 1.807) is 24.3 Å². The van der Waals surface area contributed by atoms with Crippen molar-refractivity contribution in [3.63, 3.8) is 0 Å². The zero-order valence-electron chi connectivity index (χ0n) is 26.5. The third-order valence-corrected chi connectivity index (χ3v) is 9.92. The van der Waals surface area contributed by atoms with Crippen LogP contribution in [0.3, 0.4) is 0 Å². The van der Waals surface area contributed by atoms with Crippen LogP contribution in [0.4, 0.5) is 17.1 Å². The van der Waals surface area contributed by atoms with Gasteiger partial charge >= 0.3 is 0 Å². The Kier molecular flexibility index (Phi) is 9.23. The standard InChI is InChI=1S/C34H46N4O6/c1-6-24(21-39)38-29(31(41)36-22-11-15-25(16-12-22)37(8-3)9-4)34-20-19-33(7-2,44-34)27(28(34)32(38)42)30(40)35-23-13-17-26(18-14-23)43-10-5/h11-18,24,27-29,39H,6-10,19-21H2,1-5H3,(H,35,40)(H,36,41)/t24-,27-,28-,29?,33+,34?/m0/s1. The zero-order chi connectivity index (χ0) is 31.6. The number of amides is 3. The van der Waals surface area contributed by atoms with E-state index in [0.717, 1.165) is 18.8 Å². The topological polar surface area (TPSA) is 120 Å². The third kappa shape index (κ3) is 5.21. The molecule has 2 unspecified atom stereocenters. The molecular formula is C34H46N4O6. The lowest BCUT2D eigenvalue weighted by molar-refractivity contribution is -0.148. The number of rotatable bonds is 13. The minimum absolute atomic E-state index is 0.296. The van der Waals surface area contributed by atoms with Crippen molar-refractivity contribution in [1.29, 1.82) is 0 Å². The smallest absolute Gasteiger partial charge is 0.250 e. The van der Waals surface area contributed by atoms with Crippen LogP contribution in [0.5, 0.6) is 5.75 Å². The van der Waals surface area contributed by atoms with Crippen LogP contribution < -0.4 is 20.3 Å². The van der Waals surface area contributed by atoms with Crippen molar-refractivity contribution in [2.24, 2.45) is 11.8 Å². The van der Waals surface area contributed by atoms with Crippen molar-refractivity contribution >= 4 is 34.8 Å². The Labute approximate surface area is 260 Å². The fourth-order valence-corrected chi connectivity index (χ4v) is 7.74. The lowest BCUT2D eigenvalue weighted by Crippen LogP contribution is -2.56. The molecule has 2 aromatic rings. The maximum absolute atomic E-state index is 14.4. The highest BCUT2D eigenvalue weighted by molar-refractivity contribution is 6.05. The number of carbonyl (C=O) groups excluding carboxylic acids is 3. The molecule has 3 aliphatic rings. The average molecular weight is 607 g/mol. The van der Waals surface area contributed by atoms with Crippen molar-refractivity contribution in [2.45, 2.75) is 83.6 Å². The summed E-state index contributed by atoms with van der Waals surface area (Å²) in [6.45, 7) is 11.9. The molecule has 3 fully saturated rings. The molecule has 2 bridgehead atoms. The number of aliphatic hydroxyl groups excluding tert-OH is 1. The van der Waals surface area contributed by atoms with Crippen LogP contribution in [-0.4, -0.2) is 77.3 Å². The second-order valence-corrected chi connectivity index (χ2v) is 12.0. The minimum Gasteiger partial charge on any atom is -0.494 e. The van der Waals surface area contributed by atoms with Crippen LogP contribution in [0, 0.1) is 11.8 Å². The molecule has 0 saturated carbocycles. The number of ether oxygens (including phenoxy) is 2. The maximum Gasteiger partial charge on any atom is 0.250 e. The second kappa shape index (κ2) is 12.8. The van der Waals surface area contributed by atoms with E-state index in [0.29, 0.717) is 49.4 Å². The molecule has 3 heterocycles. The van der Waals surface area contributed by atoms with E-state index in [1.807, 2.05) is 45.0 Å². The largest absolute Gasteiger partial charge is 0.494 e. The molecule has 238 valence electrons. The summed E-state index contributed by atoms with van der Waals surface area (Å²) in [6, 6.07) is 13.2. The molecule has 10 nitrogen and oxygen atoms in total. The van der Waals surface area contributed by atoms with E-state index < -0.39 is 35.1 Å². The molecule has 10 heteroatoms. The number of fused-ring (bicyclic) bond motifs is 1. The number of carbonyl (C=O) groups is 3. The average Bonchev–Trinajstić information content (AvgIpc) is 3.64. The summed E-state index contributed by atoms with van der Waals surface area (Å²) in [5.41, 5.74) is 0.208. The predicted molar refractivity (Wildman–Crippen MR) is 170 cm³/mol. The van der Waals surface area contributed by atoms with Gasteiger partial charge in [0.25, 0.3) is 0 Å². The van der Waals surface area contributed by atoms with Gasteiger partial charge in [0.1, 0.15) is 17.4 Å². The molecule has 0 radical (unpaired) electrons. The first kappa shape index (κ1) is 31.8. The number of nitrogens with zero attached hydrogens (tertiary/aromatic N) is 2. The highest BCUT2D eigenvalue weighted by atomic mass is 16.5. The third-order valence-electron chi connectivity index (χ3n) is 9.92. The molecule has 5 rings (SSSR count). The Morgan fingerprint density at radius 3 is 2.14 bits per heavy atom. The van der Waals surface area contributed by atoms with Gasteiger partial charge in [0, 0.05) is 30.2 Å². The molecule has 6 atom stereocenters. The number of benzene rings is 2. The summed E-state index contributed by atoms with van der Waals surface area (Å²) < 4.78 is 12.4. The summed E-state index contributed by atoms with van der Waals surface area (Å²) >= 11 is 0. The molecule has 3 N–H and O–H groups in total. The van der Waals surface area contributed by atoms with Crippen molar-refractivity contribution in [3.05, 3.63) is 48.5 Å². The van der Waals surface area contributed by atoms with E-state index in [9.17, 15) is 19.5 Å². The van der Waals surface area contributed by atoms with E-state index >= 15 is 0 Å². The Bertz CT molecular complexity index is 1340. The predicted octanol–water partition coefficient (Wildman–Crippen LogP) is 4.43. The first-order valence-corrected chi connectivity index (χ1v) is 16.0. The van der Waals surface area contributed by atoms with Gasteiger partial charge in [-0.1, -0.05) is 13.8 Å². The van der Waals surface area contributed by atoms with Gasteiger partial charge in [-0.05, 0) is 95.0 Å². The Morgan fingerprint density at radius 1 is 0.977 bits per heavy atom. The molecule has 1 spiro atoms. The van der Waals surface area contributed by atoms with Crippen LogP contribution >= 0.6 is 0 Å². The molecule has 3 aliphatic heterocycles. The van der Waals surface area contributed by atoms with Gasteiger partial charge in [-0.3, -0.25) is 14.4 Å². The molecule has 2 aromatic carbocycles. The lowest BCUT2D eigenvalue weighted by atomic mass is 9.65. The van der Waals surface area contributed by atoms with Crippen LogP contribution in [0.25, 0.3) is 0 Å². The summed E-state index contributed by atoms with van der Waals surface area (Å²) in [5.74, 6) is -1.93. The Morgan fingerprint density at radius 2 is 1.59 bits per heavy atom. The van der Waals surface area contributed by atoms with Gasteiger partial charge in [-0.25, -0.2) is 0 Å². The normalized spacial score (nSPS) is 27.6. The van der Waals surface area contributed by atoms with Gasteiger partial charge in [0.05, 0.1) is 36.7 Å². The quantitative estimate of drug-likeness (QED) is 0.309. The van der Waals surface area contributed by atoms with Crippen molar-refractivity contribution < 1.29 is 29.0 Å². The molecule has 0 aromatic heterocycles. The van der Waals surface area contributed by atoms with E-state index in [2.05, 4.69) is 29.4 Å². The molecular weight excluding hydrogens is 560 g/mol. The Hall–Kier alpha value is -3.63. The highest BCUT2D eigenvalue weighted by Crippen LogP contribution is 2.64. The monoisotopic (exact) mass is 606 g/mol. The fourth-order valence-electron chi connectivity index (χ4n) is 7.74. The molecule has 3 saturated heterocycles. The highest BCUT2D eigenvalue weighted by Gasteiger charge is 2.79. The van der Waals surface area contributed by atoms with Crippen LogP contribution in [0.2, 0.25) is 0 Å². The first-order valence-electron chi connectivity index (χ1n) is 16.0. The number of hydrogen-bond donors (Lipinski definition) is 3. The lowest BCUT2D eigenvalue weighted by Gasteiger charge is -2.37. The number of nitrogens with one attached hydrogen (secondary N) is 2. The van der Waals surface area contributed by atoms with Crippen molar-refractivity contribution in [2.75, 3.05) is 41.8 Å². The van der Waals surface area contributed by atoms with Crippen molar-refractivity contribution in [3.8, 4) is 5.75 Å². The molecule has 3 amide bonds. The number of aliphatic hydroxyl groups is 1. The van der Waals surface area contributed by atoms with E-state index in [1.165, 1.54) is 4.90 Å².